The molecule has 0 unspecified atom stereocenters. The van der Waals surface area contributed by atoms with E-state index in [2.05, 4.69) is 34.4 Å². The molecule has 0 aromatic carbocycles. The van der Waals surface area contributed by atoms with Gasteiger partial charge in [0.1, 0.15) is 5.69 Å². The Morgan fingerprint density at radius 2 is 1.94 bits per heavy atom. The number of carbonyl (C=O) groups excluding carboxylic acids is 1. The van der Waals surface area contributed by atoms with Crippen molar-refractivity contribution in [2.45, 2.75) is 46.1 Å². The zero-order valence-electron chi connectivity index (χ0n) is 11.8. The number of nitrogens with zero attached hydrogens (tertiary/aromatic N) is 2. The molecular formula is C13H22N4O. The number of nitrogens with one attached hydrogen (secondary N) is 2. The normalized spacial score (nSPS) is 11.2. The Kier molecular flexibility index (Phi) is 4.64. The zero-order valence-corrected chi connectivity index (χ0v) is 11.8. The van der Waals surface area contributed by atoms with Gasteiger partial charge in [0.15, 0.2) is 0 Å². The average Bonchev–Trinajstić information content (AvgIpc) is 2.37. The highest BCUT2D eigenvalue weighted by Crippen LogP contribution is 2.15. The molecule has 0 aliphatic carbocycles. The number of aryl methyl sites for hydroxylation is 1. The fourth-order valence-corrected chi connectivity index (χ4v) is 1.56. The highest BCUT2D eigenvalue weighted by atomic mass is 16.2. The van der Waals surface area contributed by atoms with Crippen molar-refractivity contribution in [2.24, 2.45) is 0 Å². The van der Waals surface area contributed by atoms with Crippen molar-refractivity contribution < 1.29 is 4.79 Å². The predicted molar refractivity (Wildman–Crippen MR) is 72.8 cm³/mol. The van der Waals surface area contributed by atoms with Gasteiger partial charge in [0, 0.05) is 18.3 Å². The Hall–Kier alpha value is -1.65. The lowest BCUT2D eigenvalue weighted by atomic mass is 9.95. The van der Waals surface area contributed by atoms with Crippen LogP contribution in [-0.2, 0) is 0 Å². The van der Waals surface area contributed by atoms with E-state index in [4.69, 9.17) is 0 Å². The van der Waals surface area contributed by atoms with Gasteiger partial charge in [-0.15, -0.1) is 0 Å². The van der Waals surface area contributed by atoms with Crippen LogP contribution in [0, 0.1) is 6.92 Å². The van der Waals surface area contributed by atoms with Crippen molar-refractivity contribution >= 4 is 11.9 Å². The molecule has 1 rings (SSSR count). The van der Waals surface area contributed by atoms with E-state index in [1.54, 1.807) is 13.1 Å². The molecule has 0 atom stereocenters. The Morgan fingerprint density at radius 1 is 1.33 bits per heavy atom. The lowest BCUT2D eigenvalue weighted by Gasteiger charge is -2.28. The third kappa shape index (κ3) is 3.42. The second kappa shape index (κ2) is 5.80. The Labute approximate surface area is 108 Å². The first-order valence-electron chi connectivity index (χ1n) is 6.30. The molecule has 0 spiro atoms. The third-order valence-electron chi connectivity index (χ3n) is 3.29. The maximum absolute atomic E-state index is 12.2. The Bertz CT molecular complexity index is 427. The monoisotopic (exact) mass is 250 g/mol. The van der Waals surface area contributed by atoms with Crippen LogP contribution in [0.3, 0.4) is 0 Å². The van der Waals surface area contributed by atoms with E-state index in [9.17, 15) is 4.79 Å². The molecule has 1 heterocycles. The molecule has 1 aromatic heterocycles. The van der Waals surface area contributed by atoms with Gasteiger partial charge in [-0.1, -0.05) is 13.8 Å². The highest BCUT2D eigenvalue weighted by molar-refractivity contribution is 5.93. The minimum atomic E-state index is -0.185. The van der Waals surface area contributed by atoms with E-state index in [0.717, 1.165) is 18.5 Å². The van der Waals surface area contributed by atoms with E-state index in [-0.39, 0.29) is 11.4 Å². The Morgan fingerprint density at radius 3 is 2.44 bits per heavy atom. The summed E-state index contributed by atoms with van der Waals surface area (Å²) in [5.74, 6) is 0.318. The van der Waals surface area contributed by atoms with E-state index in [1.165, 1.54) is 0 Å². The zero-order chi connectivity index (χ0) is 13.8. The SMILES string of the molecule is CCC(C)(CC)NC(=O)c1cc(C)nc(NC)n1. The number of aromatic nitrogens is 2. The van der Waals surface area contributed by atoms with Gasteiger partial charge >= 0.3 is 0 Å². The molecule has 0 aliphatic heterocycles. The first-order valence-corrected chi connectivity index (χ1v) is 6.30. The van der Waals surface area contributed by atoms with Crippen molar-refractivity contribution in [3.05, 3.63) is 17.5 Å². The molecule has 5 nitrogen and oxygen atoms in total. The first kappa shape index (κ1) is 14.4. The summed E-state index contributed by atoms with van der Waals surface area (Å²) in [7, 11) is 1.73. The van der Waals surface area contributed by atoms with Crippen LogP contribution in [-0.4, -0.2) is 28.5 Å². The van der Waals surface area contributed by atoms with Gasteiger partial charge in [-0.2, -0.15) is 0 Å². The quantitative estimate of drug-likeness (QED) is 0.840. The number of hydrogen-bond donors (Lipinski definition) is 2. The lowest BCUT2D eigenvalue weighted by molar-refractivity contribution is 0.0895. The molecule has 0 saturated heterocycles. The summed E-state index contributed by atoms with van der Waals surface area (Å²) in [4.78, 5) is 20.5. The predicted octanol–water partition coefficient (Wildman–Crippen LogP) is 2.14. The second-order valence-corrected chi connectivity index (χ2v) is 4.69. The van der Waals surface area contributed by atoms with Crippen LogP contribution in [0.5, 0.6) is 0 Å². The molecule has 5 heteroatoms. The molecule has 0 bridgehead atoms. The summed E-state index contributed by atoms with van der Waals surface area (Å²) in [6.45, 7) is 8.01. The highest BCUT2D eigenvalue weighted by Gasteiger charge is 2.23. The third-order valence-corrected chi connectivity index (χ3v) is 3.29. The van der Waals surface area contributed by atoms with Crippen molar-refractivity contribution in [3.8, 4) is 0 Å². The summed E-state index contributed by atoms with van der Waals surface area (Å²) in [5.41, 5.74) is 0.990. The molecule has 1 amide bonds. The van der Waals surface area contributed by atoms with Gasteiger partial charge in [0.2, 0.25) is 5.95 Å². The maximum atomic E-state index is 12.2. The topological polar surface area (TPSA) is 66.9 Å². The summed E-state index contributed by atoms with van der Waals surface area (Å²) in [6, 6.07) is 1.70. The van der Waals surface area contributed by atoms with Gasteiger partial charge in [0.05, 0.1) is 0 Å². The van der Waals surface area contributed by atoms with Crippen LogP contribution in [0.25, 0.3) is 0 Å². The number of rotatable bonds is 5. The Balaban J connectivity index is 2.94. The maximum Gasteiger partial charge on any atom is 0.270 e. The van der Waals surface area contributed by atoms with E-state index in [0.29, 0.717) is 11.6 Å². The number of hydrogen-bond acceptors (Lipinski definition) is 4. The van der Waals surface area contributed by atoms with Gasteiger partial charge < -0.3 is 10.6 Å². The molecule has 18 heavy (non-hydrogen) atoms. The van der Waals surface area contributed by atoms with Crippen LogP contribution in [0.2, 0.25) is 0 Å². The largest absolute Gasteiger partial charge is 0.357 e. The average molecular weight is 250 g/mol. The fourth-order valence-electron chi connectivity index (χ4n) is 1.56. The van der Waals surface area contributed by atoms with Crippen LogP contribution < -0.4 is 10.6 Å². The smallest absolute Gasteiger partial charge is 0.270 e. The van der Waals surface area contributed by atoms with E-state index < -0.39 is 0 Å². The van der Waals surface area contributed by atoms with Crippen molar-refractivity contribution in [2.75, 3.05) is 12.4 Å². The number of carbonyl (C=O) groups is 1. The van der Waals surface area contributed by atoms with E-state index >= 15 is 0 Å². The van der Waals surface area contributed by atoms with Crippen LogP contribution in [0.1, 0.15) is 49.8 Å². The summed E-state index contributed by atoms with van der Waals surface area (Å²) >= 11 is 0. The minimum Gasteiger partial charge on any atom is -0.357 e. The molecule has 100 valence electrons. The molecule has 0 fully saturated rings. The summed E-state index contributed by atoms with van der Waals surface area (Å²) < 4.78 is 0. The lowest BCUT2D eigenvalue weighted by Crippen LogP contribution is -2.45. The molecule has 2 N–H and O–H groups in total. The minimum absolute atomic E-state index is 0.150. The van der Waals surface area contributed by atoms with Crippen molar-refractivity contribution in [1.82, 2.24) is 15.3 Å². The van der Waals surface area contributed by atoms with Crippen molar-refractivity contribution in [3.63, 3.8) is 0 Å². The molecule has 0 aliphatic rings. The van der Waals surface area contributed by atoms with Crippen LogP contribution >= 0.6 is 0 Å². The molecule has 0 radical (unpaired) electrons. The fraction of sp³-hybridized carbons (Fsp3) is 0.615. The van der Waals surface area contributed by atoms with Crippen molar-refractivity contribution in [1.29, 1.82) is 0 Å². The second-order valence-electron chi connectivity index (χ2n) is 4.69. The first-order chi connectivity index (χ1) is 8.44. The molecule has 0 saturated carbocycles. The summed E-state index contributed by atoms with van der Waals surface area (Å²) in [5, 5.41) is 5.88. The molecule has 1 aromatic rings. The standard InChI is InChI=1S/C13H22N4O/c1-6-13(4,7-2)17-11(18)10-8-9(3)15-12(14-5)16-10/h8H,6-7H2,1-5H3,(H,17,18)(H,14,15,16). The number of anilines is 1. The van der Waals surface area contributed by atoms with Gasteiger partial charge in [-0.05, 0) is 32.8 Å². The van der Waals surface area contributed by atoms with Gasteiger partial charge in [-0.25, -0.2) is 9.97 Å². The van der Waals surface area contributed by atoms with Crippen LogP contribution in [0.4, 0.5) is 5.95 Å². The van der Waals surface area contributed by atoms with Gasteiger partial charge in [0.25, 0.3) is 5.91 Å². The molecular weight excluding hydrogens is 228 g/mol. The van der Waals surface area contributed by atoms with Gasteiger partial charge in [-0.3, -0.25) is 4.79 Å². The van der Waals surface area contributed by atoms with E-state index in [1.807, 2.05) is 13.8 Å². The number of amides is 1. The van der Waals surface area contributed by atoms with Crippen LogP contribution in [0.15, 0.2) is 6.07 Å². The summed E-state index contributed by atoms with van der Waals surface area (Å²) in [6.07, 6.45) is 1.77.